The van der Waals surface area contributed by atoms with Crippen molar-refractivity contribution < 1.29 is 24.2 Å². The number of nitrogens with zero attached hydrogens (tertiary/aromatic N) is 1. The maximum Gasteiger partial charge on any atom is 0.335 e. The number of methoxy groups -OCH3 is 1. The Hall–Kier alpha value is -3.54. The molecule has 0 radical (unpaired) electrons. The van der Waals surface area contributed by atoms with E-state index in [2.05, 4.69) is 0 Å². The van der Waals surface area contributed by atoms with Crippen LogP contribution in [0.1, 0.15) is 29.4 Å². The number of carbonyl (C=O) groups is 2. The maximum atomic E-state index is 11.8. The summed E-state index contributed by atoms with van der Waals surface area (Å²) in [5.74, 6) is -0.449. The quantitative estimate of drug-likeness (QED) is 0.576. The second kappa shape index (κ2) is 9.10. The van der Waals surface area contributed by atoms with E-state index in [1.165, 1.54) is 0 Å². The second-order valence-corrected chi connectivity index (χ2v) is 6.43. The van der Waals surface area contributed by atoms with Crippen molar-refractivity contribution in [3.8, 4) is 22.7 Å². The van der Waals surface area contributed by atoms with E-state index in [-0.39, 0.29) is 18.0 Å². The molecule has 0 atom stereocenters. The van der Waals surface area contributed by atoms with Gasteiger partial charge in [0.1, 0.15) is 5.75 Å². The zero-order valence-corrected chi connectivity index (χ0v) is 16.4. The van der Waals surface area contributed by atoms with Gasteiger partial charge in [0.25, 0.3) is 0 Å². The van der Waals surface area contributed by atoms with E-state index in [9.17, 15) is 9.59 Å². The minimum atomic E-state index is -0.970. The van der Waals surface area contributed by atoms with E-state index in [0.29, 0.717) is 13.0 Å². The first-order valence-electron chi connectivity index (χ1n) is 9.38. The summed E-state index contributed by atoms with van der Waals surface area (Å²) in [6.45, 7) is 2.14. The molecular formula is C23H23NO5. The summed E-state index contributed by atoms with van der Waals surface area (Å²) in [6, 6.07) is 18.4. The summed E-state index contributed by atoms with van der Waals surface area (Å²) < 4.78 is 12.3. The number of hydrogen-bond acceptors (Lipinski definition) is 4. The first kappa shape index (κ1) is 20.2. The van der Waals surface area contributed by atoms with Crippen LogP contribution in [0.4, 0.5) is 0 Å². The van der Waals surface area contributed by atoms with Crippen LogP contribution in [0.25, 0.3) is 16.9 Å². The monoisotopic (exact) mass is 393 g/mol. The van der Waals surface area contributed by atoms with Crippen LogP contribution in [0.3, 0.4) is 0 Å². The molecule has 0 bridgehead atoms. The maximum absolute atomic E-state index is 11.8. The molecule has 150 valence electrons. The molecule has 0 amide bonds. The summed E-state index contributed by atoms with van der Waals surface area (Å²) in [5, 5.41) is 9.17. The molecule has 29 heavy (non-hydrogen) atoms. The Labute approximate surface area is 169 Å². The third-order valence-electron chi connectivity index (χ3n) is 4.61. The van der Waals surface area contributed by atoms with Crippen LogP contribution in [-0.4, -0.2) is 35.3 Å². The number of hydrogen-bond donors (Lipinski definition) is 1. The van der Waals surface area contributed by atoms with Gasteiger partial charge in [-0.2, -0.15) is 0 Å². The highest BCUT2D eigenvalue weighted by atomic mass is 16.5. The van der Waals surface area contributed by atoms with Gasteiger partial charge in [-0.05, 0) is 79.6 Å². The lowest BCUT2D eigenvalue weighted by molar-refractivity contribution is -0.143. The van der Waals surface area contributed by atoms with Crippen molar-refractivity contribution in [3.05, 3.63) is 71.9 Å². The molecule has 0 aliphatic rings. The molecule has 1 heterocycles. The van der Waals surface area contributed by atoms with Crippen molar-refractivity contribution in [3.63, 3.8) is 0 Å². The van der Waals surface area contributed by atoms with Gasteiger partial charge in [-0.1, -0.05) is 0 Å². The van der Waals surface area contributed by atoms with Crippen LogP contribution in [0.5, 0.6) is 5.75 Å². The molecule has 1 N–H and O–H groups in total. The minimum Gasteiger partial charge on any atom is -0.497 e. The Bertz CT molecular complexity index is 987. The Balaban J connectivity index is 2.01. The number of carboxylic acid groups (broad SMARTS) is 1. The van der Waals surface area contributed by atoms with Gasteiger partial charge >= 0.3 is 11.9 Å². The number of aryl methyl sites for hydroxylation is 1. The number of ether oxygens (including phenoxy) is 2. The van der Waals surface area contributed by atoms with Gasteiger partial charge in [0.2, 0.25) is 0 Å². The molecular weight excluding hydrogens is 370 g/mol. The van der Waals surface area contributed by atoms with E-state index in [1.54, 1.807) is 38.3 Å². The number of aromatic carboxylic acids is 1. The van der Waals surface area contributed by atoms with Crippen molar-refractivity contribution in [1.82, 2.24) is 4.57 Å². The first-order chi connectivity index (χ1) is 14.0. The number of carboxylic acids is 1. The second-order valence-electron chi connectivity index (χ2n) is 6.43. The molecule has 0 aliphatic heterocycles. The van der Waals surface area contributed by atoms with Crippen molar-refractivity contribution in [2.24, 2.45) is 0 Å². The minimum absolute atomic E-state index is 0.222. The molecule has 1 aromatic heterocycles. The molecule has 2 aromatic carbocycles. The average molecular weight is 393 g/mol. The summed E-state index contributed by atoms with van der Waals surface area (Å²) in [5.41, 5.74) is 3.90. The number of benzene rings is 2. The fourth-order valence-electron chi connectivity index (χ4n) is 3.18. The van der Waals surface area contributed by atoms with Crippen LogP contribution < -0.4 is 4.74 Å². The van der Waals surface area contributed by atoms with E-state index < -0.39 is 5.97 Å². The van der Waals surface area contributed by atoms with Gasteiger partial charge in [0.05, 0.1) is 31.4 Å². The molecule has 0 spiro atoms. The summed E-state index contributed by atoms with van der Waals surface area (Å²) in [6.07, 6.45) is 0.781. The van der Waals surface area contributed by atoms with E-state index in [1.807, 2.05) is 41.0 Å². The third-order valence-corrected chi connectivity index (χ3v) is 4.61. The summed E-state index contributed by atoms with van der Waals surface area (Å²) in [4.78, 5) is 23.0. The van der Waals surface area contributed by atoms with Gasteiger partial charge in [-0.25, -0.2) is 4.79 Å². The Morgan fingerprint density at radius 2 is 1.66 bits per heavy atom. The molecule has 0 saturated carbocycles. The smallest absolute Gasteiger partial charge is 0.335 e. The lowest BCUT2D eigenvalue weighted by Crippen LogP contribution is -2.08. The van der Waals surface area contributed by atoms with Crippen LogP contribution in [0.2, 0.25) is 0 Å². The largest absolute Gasteiger partial charge is 0.497 e. The zero-order valence-electron chi connectivity index (χ0n) is 16.4. The van der Waals surface area contributed by atoms with Crippen LogP contribution in [0.15, 0.2) is 60.7 Å². The van der Waals surface area contributed by atoms with E-state index in [4.69, 9.17) is 14.6 Å². The van der Waals surface area contributed by atoms with Crippen molar-refractivity contribution in [1.29, 1.82) is 0 Å². The Kier molecular flexibility index (Phi) is 6.34. The number of carbonyl (C=O) groups excluding carboxylic acids is 1. The van der Waals surface area contributed by atoms with Crippen LogP contribution >= 0.6 is 0 Å². The molecule has 0 saturated heterocycles. The predicted molar refractivity (Wildman–Crippen MR) is 110 cm³/mol. The van der Waals surface area contributed by atoms with Crippen molar-refractivity contribution in [2.75, 3.05) is 13.7 Å². The molecule has 0 aliphatic carbocycles. The first-order valence-corrected chi connectivity index (χ1v) is 9.38. The molecule has 3 rings (SSSR count). The van der Waals surface area contributed by atoms with Gasteiger partial charge in [-0.3, -0.25) is 4.79 Å². The van der Waals surface area contributed by atoms with E-state index >= 15 is 0 Å². The van der Waals surface area contributed by atoms with Crippen molar-refractivity contribution in [2.45, 2.75) is 19.8 Å². The lowest BCUT2D eigenvalue weighted by atomic mass is 10.1. The Morgan fingerprint density at radius 3 is 2.24 bits per heavy atom. The van der Waals surface area contributed by atoms with Gasteiger partial charge in [0.15, 0.2) is 0 Å². The lowest BCUT2D eigenvalue weighted by Gasteiger charge is -2.15. The fourth-order valence-corrected chi connectivity index (χ4v) is 3.18. The zero-order chi connectivity index (χ0) is 20.8. The number of rotatable bonds is 8. The highest BCUT2D eigenvalue weighted by Crippen LogP contribution is 2.29. The molecule has 6 heteroatoms. The predicted octanol–water partition coefficient (Wildman–Crippen LogP) is 4.35. The van der Waals surface area contributed by atoms with Gasteiger partial charge in [0, 0.05) is 11.4 Å². The molecule has 0 fully saturated rings. The highest BCUT2D eigenvalue weighted by Gasteiger charge is 2.14. The fraction of sp³-hybridized carbons (Fsp3) is 0.217. The van der Waals surface area contributed by atoms with E-state index in [0.717, 1.165) is 28.4 Å². The molecule has 6 nitrogen and oxygen atoms in total. The standard InChI is InChI=1S/C23H23NO5/c1-3-29-22(25)15-11-19-10-14-21(16-6-12-20(28-2)13-7-16)24(19)18-8-4-17(5-9-18)23(26)27/h4-10,12-14H,3,11,15H2,1-2H3,(H,26,27). The topological polar surface area (TPSA) is 77.8 Å². The summed E-state index contributed by atoms with van der Waals surface area (Å²) in [7, 11) is 1.62. The van der Waals surface area contributed by atoms with Gasteiger partial charge in [-0.15, -0.1) is 0 Å². The third kappa shape index (κ3) is 4.66. The molecule has 3 aromatic rings. The molecule has 0 unspecified atom stereocenters. The Morgan fingerprint density at radius 1 is 0.966 bits per heavy atom. The normalized spacial score (nSPS) is 10.6. The average Bonchev–Trinajstić information content (AvgIpc) is 3.16. The van der Waals surface area contributed by atoms with Crippen LogP contribution in [-0.2, 0) is 16.0 Å². The van der Waals surface area contributed by atoms with Gasteiger partial charge < -0.3 is 19.1 Å². The number of esters is 1. The highest BCUT2D eigenvalue weighted by molar-refractivity contribution is 5.87. The summed E-state index contributed by atoms with van der Waals surface area (Å²) >= 11 is 0. The number of aromatic nitrogens is 1. The van der Waals surface area contributed by atoms with Crippen LogP contribution in [0, 0.1) is 0 Å². The SMILES string of the molecule is CCOC(=O)CCc1ccc(-c2ccc(OC)cc2)n1-c1ccc(C(=O)O)cc1. The van der Waals surface area contributed by atoms with Crippen molar-refractivity contribution >= 4 is 11.9 Å².